The molecule has 0 aliphatic rings. The van der Waals surface area contributed by atoms with Crippen molar-refractivity contribution in [2.75, 3.05) is 31.9 Å². The van der Waals surface area contributed by atoms with Gasteiger partial charge in [0.25, 0.3) is 0 Å². The number of aliphatic hydroxyl groups is 1. The number of halogens is 2. The van der Waals surface area contributed by atoms with E-state index in [0.29, 0.717) is 24.6 Å². The summed E-state index contributed by atoms with van der Waals surface area (Å²) in [4.78, 5) is 26.1. The van der Waals surface area contributed by atoms with Gasteiger partial charge in [-0.3, -0.25) is 9.59 Å². The van der Waals surface area contributed by atoms with Gasteiger partial charge in [0.1, 0.15) is 11.6 Å². The molecule has 50 heavy (non-hydrogen) atoms. The number of rotatable bonds is 16. The second kappa shape index (κ2) is 27.2. The molecule has 0 saturated heterocycles. The summed E-state index contributed by atoms with van der Waals surface area (Å²) in [5.41, 5.74) is 7.27. The molecule has 0 saturated carbocycles. The molecule has 11 heteroatoms. The van der Waals surface area contributed by atoms with Crippen LogP contribution >= 0.6 is 11.9 Å². The number of hydrogen-bond acceptors (Lipinski definition) is 7. The number of carbonyl (C=O) groups is 2. The van der Waals surface area contributed by atoms with Gasteiger partial charge < -0.3 is 26.8 Å². The second-order valence-electron chi connectivity index (χ2n) is 12.1. The first-order valence-corrected chi connectivity index (χ1v) is 18.3. The highest BCUT2D eigenvalue weighted by atomic mass is 32.2. The van der Waals surface area contributed by atoms with E-state index in [1.54, 1.807) is 0 Å². The highest BCUT2D eigenvalue weighted by Gasteiger charge is 2.25. The lowest BCUT2D eigenvalue weighted by atomic mass is 10.0. The molecule has 280 valence electrons. The van der Waals surface area contributed by atoms with Crippen molar-refractivity contribution in [1.82, 2.24) is 20.3 Å². The maximum atomic E-state index is 13.8. The van der Waals surface area contributed by atoms with Crippen molar-refractivity contribution in [3.05, 3.63) is 95.6 Å². The van der Waals surface area contributed by atoms with Crippen molar-refractivity contribution in [3.8, 4) is 0 Å². The van der Waals surface area contributed by atoms with E-state index >= 15 is 0 Å². The standard InChI is InChI=1S/C31H39F2N5O3S.C4H10.2C2H6/c1-21(2)19-38(42-24-13-11-23(34)12-14-24)20-29(39)28(15-22-7-4-3-5-8-22)37-31(41)18-36-30(40)17-35-16-25-26(32)9-6-10-27(25)33;1-4(2)3;2*1-2/h3-14,21,28-29,35,39H,15-20,34H2,1-2H3,(H,36,40)(H,37,41);4H,1-3H3;2*1-2H3/t28-,29+;;;/m0.../s1. The Morgan fingerprint density at radius 2 is 1.36 bits per heavy atom. The Morgan fingerprint density at radius 1 is 0.800 bits per heavy atom. The molecule has 0 radical (unpaired) electrons. The minimum Gasteiger partial charge on any atom is -0.399 e. The zero-order valence-corrected chi connectivity index (χ0v) is 32.2. The smallest absolute Gasteiger partial charge is 0.239 e. The normalized spacial score (nSPS) is 11.7. The van der Waals surface area contributed by atoms with Gasteiger partial charge in [-0.15, -0.1) is 0 Å². The average Bonchev–Trinajstić information content (AvgIpc) is 3.07. The van der Waals surface area contributed by atoms with Crippen LogP contribution in [0.5, 0.6) is 0 Å². The van der Waals surface area contributed by atoms with E-state index in [1.807, 2.05) is 82.3 Å². The van der Waals surface area contributed by atoms with E-state index in [1.165, 1.54) is 18.0 Å². The number of nitrogens with two attached hydrogens (primary N) is 1. The maximum Gasteiger partial charge on any atom is 0.239 e. The Kier molecular flexibility index (Phi) is 25.3. The van der Waals surface area contributed by atoms with Crippen LogP contribution in [0.4, 0.5) is 14.5 Å². The molecule has 6 N–H and O–H groups in total. The second-order valence-corrected chi connectivity index (χ2v) is 13.3. The molecule has 2 atom stereocenters. The Hall–Kier alpha value is -3.51. The molecule has 0 aromatic heterocycles. The quantitative estimate of drug-likeness (QED) is 0.0784. The molecule has 0 spiro atoms. The topological polar surface area (TPSA) is 120 Å². The van der Waals surface area contributed by atoms with Gasteiger partial charge >= 0.3 is 0 Å². The molecule has 0 fully saturated rings. The molecule has 3 aromatic carbocycles. The summed E-state index contributed by atoms with van der Waals surface area (Å²) < 4.78 is 29.6. The number of nitrogens with zero attached hydrogens (tertiary/aromatic N) is 1. The maximum absolute atomic E-state index is 13.8. The number of anilines is 1. The average molecular weight is 718 g/mol. The van der Waals surface area contributed by atoms with E-state index in [9.17, 15) is 23.5 Å². The summed E-state index contributed by atoms with van der Waals surface area (Å²) in [5, 5.41) is 19.4. The molecule has 3 aromatic rings. The molecule has 2 amide bonds. The number of nitrogen functional groups attached to an aromatic ring is 1. The SMILES string of the molecule is CC.CC.CC(C)C.CC(C)CN(C[C@@H](O)[C@H](Cc1ccccc1)NC(=O)CNC(=O)CNCc1c(F)cccc1F)Sc1ccc(N)cc1. The van der Waals surface area contributed by atoms with Crippen LogP contribution in [0.15, 0.2) is 77.7 Å². The lowest BCUT2D eigenvalue weighted by Crippen LogP contribution is -2.51. The van der Waals surface area contributed by atoms with Crippen molar-refractivity contribution in [2.24, 2.45) is 11.8 Å². The molecule has 0 unspecified atom stereocenters. The minimum absolute atomic E-state index is 0.165. The minimum atomic E-state index is -0.915. The van der Waals surface area contributed by atoms with Crippen LogP contribution in [0.2, 0.25) is 0 Å². The largest absolute Gasteiger partial charge is 0.399 e. The molecular weight excluding hydrogens is 657 g/mol. The summed E-state index contributed by atoms with van der Waals surface area (Å²) in [5.74, 6) is -1.22. The molecule has 0 heterocycles. The fourth-order valence-corrected chi connectivity index (χ4v) is 5.38. The number of hydrogen-bond donors (Lipinski definition) is 5. The fourth-order valence-electron chi connectivity index (χ4n) is 4.22. The Balaban J connectivity index is 0.00000275. The van der Waals surface area contributed by atoms with Gasteiger partial charge in [-0.1, -0.05) is 98.7 Å². The van der Waals surface area contributed by atoms with Gasteiger partial charge in [0.15, 0.2) is 0 Å². The zero-order valence-electron chi connectivity index (χ0n) is 31.4. The van der Waals surface area contributed by atoms with Crippen molar-refractivity contribution in [2.45, 2.75) is 92.3 Å². The lowest BCUT2D eigenvalue weighted by molar-refractivity contribution is -0.126. The number of benzene rings is 3. The summed E-state index contributed by atoms with van der Waals surface area (Å²) in [6.45, 7) is 19.0. The molecule has 0 aliphatic carbocycles. The van der Waals surface area contributed by atoms with Gasteiger partial charge in [0.2, 0.25) is 11.8 Å². The molecule has 3 rings (SSSR count). The van der Waals surface area contributed by atoms with Crippen molar-refractivity contribution in [1.29, 1.82) is 0 Å². The van der Waals surface area contributed by atoms with Crippen LogP contribution in [0.1, 0.15) is 73.4 Å². The summed E-state index contributed by atoms with van der Waals surface area (Å²) in [6, 6.07) is 20.0. The highest BCUT2D eigenvalue weighted by Crippen LogP contribution is 2.25. The van der Waals surface area contributed by atoms with E-state index < -0.39 is 35.6 Å². The number of aliphatic hydroxyl groups excluding tert-OH is 1. The fraction of sp³-hybridized carbons (Fsp3) is 0.487. The van der Waals surface area contributed by atoms with Gasteiger partial charge in [0, 0.05) is 35.8 Å². The monoisotopic (exact) mass is 717 g/mol. The van der Waals surface area contributed by atoms with Crippen molar-refractivity contribution in [3.63, 3.8) is 0 Å². The van der Waals surface area contributed by atoms with Gasteiger partial charge in [0.05, 0.1) is 25.2 Å². The van der Waals surface area contributed by atoms with Crippen LogP contribution in [0, 0.1) is 23.5 Å². The first-order valence-electron chi connectivity index (χ1n) is 17.5. The predicted molar refractivity (Wildman–Crippen MR) is 205 cm³/mol. The number of carbonyl (C=O) groups excluding carboxylic acids is 2. The Labute approximate surface area is 304 Å². The third kappa shape index (κ3) is 20.9. The van der Waals surface area contributed by atoms with E-state index in [4.69, 9.17) is 5.73 Å². The van der Waals surface area contributed by atoms with Crippen LogP contribution in [-0.2, 0) is 22.6 Å². The van der Waals surface area contributed by atoms with Gasteiger partial charge in [-0.2, -0.15) is 0 Å². The summed E-state index contributed by atoms with van der Waals surface area (Å²) >= 11 is 1.51. The van der Waals surface area contributed by atoms with Crippen LogP contribution in [-0.4, -0.2) is 59.6 Å². The summed E-state index contributed by atoms with van der Waals surface area (Å²) in [7, 11) is 0. The first-order chi connectivity index (χ1) is 23.8. The lowest BCUT2D eigenvalue weighted by Gasteiger charge is -2.30. The zero-order chi connectivity index (χ0) is 38.1. The molecule has 8 nitrogen and oxygen atoms in total. The third-order valence-electron chi connectivity index (χ3n) is 6.28. The van der Waals surface area contributed by atoms with Crippen LogP contribution in [0.25, 0.3) is 0 Å². The van der Waals surface area contributed by atoms with Gasteiger partial charge in [-0.05, 0) is 72.2 Å². The predicted octanol–water partition coefficient (Wildman–Crippen LogP) is 7.22. The van der Waals surface area contributed by atoms with Gasteiger partial charge in [-0.25, -0.2) is 13.1 Å². The molecule has 0 aliphatic heterocycles. The van der Waals surface area contributed by atoms with Crippen molar-refractivity contribution < 1.29 is 23.5 Å². The summed E-state index contributed by atoms with van der Waals surface area (Å²) in [6.07, 6.45) is -0.526. The van der Waals surface area contributed by atoms with Crippen LogP contribution in [0.3, 0.4) is 0 Å². The first kappa shape index (κ1) is 46.5. The number of nitrogens with one attached hydrogen (secondary N) is 3. The Bertz CT molecular complexity index is 1310. The van der Waals surface area contributed by atoms with Crippen LogP contribution < -0.4 is 21.7 Å². The number of amides is 2. The Morgan fingerprint density at radius 3 is 1.90 bits per heavy atom. The highest BCUT2D eigenvalue weighted by molar-refractivity contribution is 7.97. The molecule has 0 bridgehead atoms. The van der Waals surface area contributed by atoms with E-state index in [0.717, 1.165) is 28.5 Å². The third-order valence-corrected chi connectivity index (χ3v) is 7.32. The van der Waals surface area contributed by atoms with E-state index in [2.05, 4.69) is 54.9 Å². The van der Waals surface area contributed by atoms with E-state index in [-0.39, 0.29) is 31.7 Å². The molecular formula is C39H61F2N5O3S. The van der Waals surface area contributed by atoms with Crippen molar-refractivity contribution >= 4 is 29.4 Å².